The van der Waals surface area contributed by atoms with Crippen molar-refractivity contribution in [3.05, 3.63) is 35.5 Å². The Morgan fingerprint density at radius 2 is 2.10 bits per heavy atom. The minimum Gasteiger partial charge on any atom is -0.486 e. The normalized spacial score (nSPS) is 13.8. The van der Waals surface area contributed by atoms with Gasteiger partial charge in [-0.15, -0.1) is 11.3 Å². The highest BCUT2D eigenvalue weighted by Crippen LogP contribution is 2.36. The molecule has 0 fully saturated rings. The van der Waals surface area contributed by atoms with Crippen molar-refractivity contribution in [3.8, 4) is 22.8 Å². The number of benzene rings is 1. The summed E-state index contributed by atoms with van der Waals surface area (Å²) in [4.78, 5) is 5.73. The lowest BCUT2D eigenvalue weighted by molar-refractivity contribution is 0.171. The van der Waals surface area contributed by atoms with Gasteiger partial charge in [-0.2, -0.15) is 0 Å². The Morgan fingerprint density at radius 3 is 2.95 bits per heavy atom. The van der Waals surface area contributed by atoms with Crippen LogP contribution >= 0.6 is 11.3 Å². The van der Waals surface area contributed by atoms with Gasteiger partial charge in [-0.25, -0.2) is 4.98 Å². The van der Waals surface area contributed by atoms with Crippen LogP contribution in [-0.2, 0) is 6.42 Å². The highest BCUT2D eigenvalue weighted by atomic mass is 32.1. The van der Waals surface area contributed by atoms with Gasteiger partial charge in [0.15, 0.2) is 16.5 Å². The molecule has 3 aromatic rings. The Morgan fingerprint density at radius 1 is 1.24 bits per heavy atom. The molecule has 1 aromatic carbocycles. The molecule has 0 saturated carbocycles. The zero-order valence-electron chi connectivity index (χ0n) is 11.4. The first-order chi connectivity index (χ1) is 10.4. The Kier molecular flexibility index (Phi) is 3.05. The Hall–Kier alpha value is -2.05. The summed E-state index contributed by atoms with van der Waals surface area (Å²) in [5.41, 5.74) is 8.92. The number of rotatable bonds is 3. The molecule has 0 radical (unpaired) electrons. The number of fused-ring (bicyclic) bond motifs is 2. The van der Waals surface area contributed by atoms with E-state index >= 15 is 0 Å². The highest BCUT2D eigenvalue weighted by molar-refractivity contribution is 7.15. The first-order valence-corrected chi connectivity index (χ1v) is 7.79. The predicted octanol–water partition coefficient (Wildman–Crippen LogP) is 2.34. The van der Waals surface area contributed by atoms with Gasteiger partial charge in [0.05, 0.1) is 11.4 Å². The van der Waals surface area contributed by atoms with E-state index in [0.29, 0.717) is 19.8 Å². The average molecular weight is 301 g/mol. The van der Waals surface area contributed by atoms with E-state index in [0.717, 1.165) is 39.8 Å². The van der Waals surface area contributed by atoms with Gasteiger partial charge >= 0.3 is 0 Å². The minimum atomic E-state index is 0.588. The third-order valence-corrected chi connectivity index (χ3v) is 4.31. The van der Waals surface area contributed by atoms with Gasteiger partial charge in [-0.3, -0.25) is 4.40 Å². The van der Waals surface area contributed by atoms with Gasteiger partial charge < -0.3 is 15.2 Å². The van der Waals surface area contributed by atoms with Crippen molar-refractivity contribution in [2.24, 2.45) is 5.73 Å². The molecule has 0 unspecified atom stereocenters. The number of aromatic nitrogens is 2. The van der Waals surface area contributed by atoms with E-state index in [-0.39, 0.29) is 0 Å². The standard InChI is InChI=1S/C15H15N3O2S/c16-4-3-11-14(17-15-18(11)5-8-21-15)10-1-2-12-13(9-10)20-7-6-19-12/h1-2,5,8-9H,3-4,6-7,16H2. The molecule has 0 bridgehead atoms. The van der Waals surface area contributed by atoms with E-state index in [1.165, 1.54) is 0 Å². The molecule has 21 heavy (non-hydrogen) atoms. The van der Waals surface area contributed by atoms with Crippen molar-refractivity contribution < 1.29 is 9.47 Å². The Balaban J connectivity index is 1.85. The lowest BCUT2D eigenvalue weighted by Crippen LogP contribution is -2.15. The second-order valence-corrected chi connectivity index (χ2v) is 5.73. The molecule has 6 heteroatoms. The van der Waals surface area contributed by atoms with Gasteiger partial charge in [-0.1, -0.05) is 0 Å². The first kappa shape index (κ1) is 12.7. The third-order valence-electron chi connectivity index (χ3n) is 3.56. The van der Waals surface area contributed by atoms with E-state index in [1.54, 1.807) is 11.3 Å². The van der Waals surface area contributed by atoms with Crippen LogP contribution in [0.2, 0.25) is 0 Å². The molecule has 0 atom stereocenters. The van der Waals surface area contributed by atoms with Gasteiger partial charge in [0.2, 0.25) is 0 Å². The minimum absolute atomic E-state index is 0.588. The van der Waals surface area contributed by atoms with Crippen LogP contribution in [0.1, 0.15) is 5.69 Å². The molecule has 4 rings (SSSR count). The fourth-order valence-electron chi connectivity index (χ4n) is 2.63. The maximum absolute atomic E-state index is 5.75. The molecular weight excluding hydrogens is 286 g/mol. The summed E-state index contributed by atoms with van der Waals surface area (Å²) in [6, 6.07) is 5.98. The molecule has 0 aliphatic carbocycles. The summed E-state index contributed by atoms with van der Waals surface area (Å²) in [5, 5.41) is 2.04. The molecule has 2 aromatic heterocycles. The molecule has 0 spiro atoms. The quantitative estimate of drug-likeness (QED) is 0.806. The molecule has 5 nitrogen and oxygen atoms in total. The average Bonchev–Trinajstić information content (AvgIpc) is 3.10. The number of nitrogens with zero attached hydrogens (tertiary/aromatic N) is 2. The fraction of sp³-hybridized carbons (Fsp3) is 0.267. The second-order valence-electron chi connectivity index (χ2n) is 4.86. The molecule has 2 N–H and O–H groups in total. The second kappa shape index (κ2) is 5.05. The van der Waals surface area contributed by atoms with Crippen LogP contribution in [0.5, 0.6) is 11.5 Å². The van der Waals surface area contributed by atoms with Gasteiger partial charge in [0.1, 0.15) is 13.2 Å². The zero-order chi connectivity index (χ0) is 14.2. The lowest BCUT2D eigenvalue weighted by atomic mass is 10.1. The lowest BCUT2D eigenvalue weighted by Gasteiger charge is -2.18. The van der Waals surface area contributed by atoms with E-state index in [4.69, 9.17) is 20.2 Å². The predicted molar refractivity (Wildman–Crippen MR) is 82.3 cm³/mol. The number of imidazole rings is 1. The number of hydrogen-bond donors (Lipinski definition) is 1. The van der Waals surface area contributed by atoms with Crippen molar-refractivity contribution >= 4 is 16.3 Å². The summed E-state index contributed by atoms with van der Waals surface area (Å²) >= 11 is 1.63. The van der Waals surface area contributed by atoms with Gasteiger partial charge in [0.25, 0.3) is 0 Å². The van der Waals surface area contributed by atoms with E-state index in [2.05, 4.69) is 4.40 Å². The zero-order valence-corrected chi connectivity index (χ0v) is 12.2. The third kappa shape index (κ3) is 2.07. The van der Waals surface area contributed by atoms with Crippen molar-refractivity contribution in [3.63, 3.8) is 0 Å². The van der Waals surface area contributed by atoms with Crippen LogP contribution in [-0.4, -0.2) is 29.1 Å². The molecule has 1 aliphatic heterocycles. The summed E-state index contributed by atoms with van der Waals surface area (Å²) < 4.78 is 13.3. The SMILES string of the molecule is NCCc1c(-c2ccc3c(c2)OCCO3)nc2sccn12. The van der Waals surface area contributed by atoms with Crippen LogP contribution in [0.15, 0.2) is 29.8 Å². The molecule has 1 aliphatic rings. The topological polar surface area (TPSA) is 61.8 Å². The number of nitrogens with two attached hydrogens (primary N) is 1. The van der Waals surface area contributed by atoms with Gasteiger partial charge in [0, 0.05) is 23.6 Å². The molecule has 108 valence electrons. The van der Waals surface area contributed by atoms with Crippen LogP contribution < -0.4 is 15.2 Å². The summed E-state index contributed by atoms with van der Waals surface area (Å²) in [6.45, 7) is 1.79. The van der Waals surface area contributed by atoms with E-state index < -0.39 is 0 Å². The maximum Gasteiger partial charge on any atom is 0.194 e. The first-order valence-electron chi connectivity index (χ1n) is 6.91. The van der Waals surface area contributed by atoms with Crippen molar-refractivity contribution in [2.45, 2.75) is 6.42 Å². The largest absolute Gasteiger partial charge is 0.486 e. The summed E-state index contributed by atoms with van der Waals surface area (Å²) in [5.74, 6) is 1.58. The van der Waals surface area contributed by atoms with Crippen molar-refractivity contribution in [1.29, 1.82) is 0 Å². The highest BCUT2D eigenvalue weighted by Gasteiger charge is 2.18. The van der Waals surface area contributed by atoms with Crippen LogP contribution in [0.25, 0.3) is 16.2 Å². The Labute approximate surface area is 125 Å². The Bertz CT molecular complexity index is 793. The molecule has 0 saturated heterocycles. The smallest absolute Gasteiger partial charge is 0.194 e. The monoisotopic (exact) mass is 301 g/mol. The molecular formula is C15H15N3O2S. The summed E-state index contributed by atoms with van der Waals surface area (Å²) in [6.07, 6.45) is 2.83. The van der Waals surface area contributed by atoms with E-state index in [9.17, 15) is 0 Å². The fourth-order valence-corrected chi connectivity index (χ4v) is 3.36. The molecule has 3 heterocycles. The van der Waals surface area contributed by atoms with Crippen molar-refractivity contribution in [2.75, 3.05) is 19.8 Å². The van der Waals surface area contributed by atoms with Crippen LogP contribution in [0.3, 0.4) is 0 Å². The molecule has 0 amide bonds. The maximum atomic E-state index is 5.75. The van der Waals surface area contributed by atoms with Crippen LogP contribution in [0.4, 0.5) is 0 Å². The van der Waals surface area contributed by atoms with E-state index in [1.807, 2.05) is 29.8 Å². The number of thiazole rings is 1. The van der Waals surface area contributed by atoms with Crippen molar-refractivity contribution in [1.82, 2.24) is 9.38 Å². The van der Waals surface area contributed by atoms with Gasteiger partial charge in [-0.05, 0) is 24.7 Å². The van der Waals surface area contributed by atoms with Crippen LogP contribution in [0, 0.1) is 0 Å². The number of hydrogen-bond acceptors (Lipinski definition) is 5. The summed E-state index contributed by atoms with van der Waals surface area (Å²) in [7, 11) is 0. The number of ether oxygens (including phenoxy) is 2.